The molecule has 0 saturated heterocycles. The van der Waals surface area contributed by atoms with Crippen LogP contribution >= 0.6 is 0 Å². The average Bonchev–Trinajstić information content (AvgIpc) is 3.09. The van der Waals surface area contributed by atoms with Crippen LogP contribution < -0.4 is 10.1 Å². The molecular weight excluding hydrogens is 364 g/mol. The predicted molar refractivity (Wildman–Crippen MR) is 115 cm³/mol. The van der Waals surface area contributed by atoms with Crippen molar-refractivity contribution in [3.05, 3.63) is 65.5 Å². The first-order chi connectivity index (χ1) is 13.8. The van der Waals surface area contributed by atoms with Gasteiger partial charge in [-0.3, -0.25) is 4.79 Å². The molecule has 0 unspecified atom stereocenters. The van der Waals surface area contributed by atoms with Crippen molar-refractivity contribution in [1.82, 2.24) is 14.8 Å². The fraction of sp³-hybridized carbons (Fsp3) is 0.348. The Morgan fingerprint density at radius 3 is 2.45 bits per heavy atom. The molecule has 1 amide bonds. The lowest BCUT2D eigenvalue weighted by atomic mass is 9.92. The van der Waals surface area contributed by atoms with Gasteiger partial charge in [0.15, 0.2) is 5.82 Å². The Kier molecular flexibility index (Phi) is 6.01. The topological polar surface area (TPSA) is 69.0 Å². The van der Waals surface area contributed by atoms with Crippen LogP contribution in [0.2, 0.25) is 0 Å². The largest absolute Gasteiger partial charge is 0.493 e. The van der Waals surface area contributed by atoms with Crippen LogP contribution in [0.25, 0.3) is 5.82 Å². The van der Waals surface area contributed by atoms with E-state index < -0.39 is 0 Å². The smallest absolute Gasteiger partial charge is 0.228 e. The van der Waals surface area contributed by atoms with Crippen LogP contribution in [-0.2, 0) is 10.2 Å². The lowest BCUT2D eigenvalue weighted by Crippen LogP contribution is -2.18. The normalized spacial score (nSPS) is 11.3. The van der Waals surface area contributed by atoms with Crippen molar-refractivity contribution in [2.75, 3.05) is 11.9 Å². The molecule has 0 atom stereocenters. The highest BCUT2D eigenvalue weighted by Gasteiger charge is 2.21. The third kappa shape index (κ3) is 5.02. The fourth-order valence-corrected chi connectivity index (χ4v) is 2.97. The Morgan fingerprint density at radius 1 is 1.10 bits per heavy atom. The van der Waals surface area contributed by atoms with Crippen LogP contribution in [-0.4, -0.2) is 27.3 Å². The summed E-state index contributed by atoms with van der Waals surface area (Å²) in [5.74, 6) is 1.97. The van der Waals surface area contributed by atoms with E-state index in [0.717, 1.165) is 22.6 Å². The Bertz CT molecular complexity index is 968. The molecule has 0 aliphatic heterocycles. The Hall–Kier alpha value is -3.15. The number of amides is 1. The number of ether oxygens (including phenoxy) is 1. The van der Waals surface area contributed by atoms with Crippen molar-refractivity contribution in [2.45, 2.75) is 46.5 Å². The van der Waals surface area contributed by atoms with Crippen LogP contribution in [0, 0.1) is 13.8 Å². The molecule has 6 nitrogen and oxygen atoms in total. The van der Waals surface area contributed by atoms with E-state index in [1.807, 2.05) is 56.3 Å². The fourth-order valence-electron chi connectivity index (χ4n) is 2.97. The van der Waals surface area contributed by atoms with Gasteiger partial charge in [0.25, 0.3) is 0 Å². The third-order valence-electron chi connectivity index (χ3n) is 4.60. The molecule has 0 bridgehead atoms. The summed E-state index contributed by atoms with van der Waals surface area (Å²) in [6.07, 6.45) is 1.95. The zero-order valence-corrected chi connectivity index (χ0v) is 17.7. The summed E-state index contributed by atoms with van der Waals surface area (Å²) in [6, 6.07) is 13.5. The van der Waals surface area contributed by atoms with Crippen molar-refractivity contribution < 1.29 is 9.53 Å². The molecule has 0 aliphatic carbocycles. The summed E-state index contributed by atoms with van der Waals surface area (Å²) in [5, 5.41) is 7.62. The van der Waals surface area contributed by atoms with E-state index in [4.69, 9.17) is 4.74 Å². The number of anilines is 1. The minimum atomic E-state index is -0.148. The van der Waals surface area contributed by atoms with E-state index in [9.17, 15) is 4.79 Å². The number of pyridine rings is 1. The lowest BCUT2D eigenvalue weighted by molar-refractivity contribution is -0.116. The van der Waals surface area contributed by atoms with Crippen molar-refractivity contribution in [1.29, 1.82) is 0 Å². The van der Waals surface area contributed by atoms with Crippen LogP contribution in [0.4, 0.5) is 5.82 Å². The monoisotopic (exact) mass is 392 g/mol. The Morgan fingerprint density at radius 2 is 1.83 bits per heavy atom. The van der Waals surface area contributed by atoms with E-state index in [2.05, 4.69) is 36.2 Å². The Balaban J connectivity index is 1.72. The molecule has 0 saturated carbocycles. The number of hydrogen-bond donors (Lipinski definition) is 1. The number of nitrogens with one attached hydrogen (secondary N) is 1. The molecule has 1 N–H and O–H groups in total. The minimum Gasteiger partial charge on any atom is -0.493 e. The first-order valence-corrected chi connectivity index (χ1v) is 9.76. The van der Waals surface area contributed by atoms with Gasteiger partial charge in [0.1, 0.15) is 11.6 Å². The minimum absolute atomic E-state index is 0.131. The second kappa shape index (κ2) is 8.47. The lowest BCUT2D eigenvalue weighted by Gasteiger charge is -2.13. The first-order valence-electron chi connectivity index (χ1n) is 9.76. The summed E-state index contributed by atoms with van der Waals surface area (Å²) >= 11 is 0. The molecule has 0 fully saturated rings. The van der Waals surface area contributed by atoms with Crippen molar-refractivity contribution >= 4 is 11.7 Å². The van der Waals surface area contributed by atoms with Gasteiger partial charge in [-0.05, 0) is 37.1 Å². The third-order valence-corrected chi connectivity index (χ3v) is 4.60. The van der Waals surface area contributed by atoms with Gasteiger partial charge in [0.05, 0.1) is 18.7 Å². The van der Waals surface area contributed by atoms with Gasteiger partial charge in [-0.2, -0.15) is 9.78 Å². The zero-order valence-electron chi connectivity index (χ0n) is 17.7. The highest BCUT2D eigenvalue weighted by atomic mass is 16.5. The van der Waals surface area contributed by atoms with Gasteiger partial charge in [0, 0.05) is 17.7 Å². The number of aryl methyl sites for hydroxylation is 2. The quantitative estimate of drug-likeness (QED) is 0.666. The number of benzene rings is 1. The summed E-state index contributed by atoms with van der Waals surface area (Å²) in [5.41, 5.74) is 2.86. The maximum atomic E-state index is 12.6. The van der Waals surface area contributed by atoms with Gasteiger partial charge in [-0.1, -0.05) is 45.0 Å². The maximum absolute atomic E-state index is 12.6. The molecule has 3 rings (SSSR count). The van der Waals surface area contributed by atoms with Gasteiger partial charge in [-0.15, -0.1) is 0 Å². The second-order valence-electron chi connectivity index (χ2n) is 8.13. The number of rotatable bonds is 6. The summed E-state index contributed by atoms with van der Waals surface area (Å²) in [7, 11) is 0. The number of para-hydroxylation sites is 1. The molecule has 0 spiro atoms. The molecule has 2 aromatic heterocycles. The highest BCUT2D eigenvalue weighted by Crippen LogP contribution is 2.26. The molecule has 0 radical (unpaired) electrons. The van der Waals surface area contributed by atoms with Crippen molar-refractivity contribution in [2.24, 2.45) is 0 Å². The highest BCUT2D eigenvalue weighted by molar-refractivity contribution is 5.90. The van der Waals surface area contributed by atoms with E-state index in [1.165, 1.54) is 0 Å². The molecule has 2 heterocycles. The van der Waals surface area contributed by atoms with Crippen molar-refractivity contribution in [3.63, 3.8) is 0 Å². The predicted octanol–water partition coefficient (Wildman–Crippen LogP) is 4.59. The standard InChI is InChI=1S/C23H28N4O2/c1-16-9-8-10-17(2)22(16)29-14-12-21(28)25-20-15-18(23(3,4)5)26-27(20)19-11-6-7-13-24-19/h6-11,13,15H,12,14H2,1-5H3,(H,25,28). The number of carbonyl (C=O) groups is 1. The van der Waals surface area contributed by atoms with Gasteiger partial charge in [-0.25, -0.2) is 4.98 Å². The van der Waals surface area contributed by atoms with Gasteiger partial charge < -0.3 is 10.1 Å². The zero-order chi connectivity index (χ0) is 21.0. The average molecular weight is 393 g/mol. The maximum Gasteiger partial charge on any atom is 0.228 e. The number of carbonyl (C=O) groups excluding carboxylic acids is 1. The van der Waals surface area contributed by atoms with Crippen LogP contribution in [0.15, 0.2) is 48.7 Å². The van der Waals surface area contributed by atoms with Gasteiger partial charge >= 0.3 is 0 Å². The number of aromatic nitrogens is 3. The molecule has 1 aromatic carbocycles. The molecule has 29 heavy (non-hydrogen) atoms. The summed E-state index contributed by atoms with van der Waals surface area (Å²) in [6.45, 7) is 10.6. The van der Waals surface area contributed by atoms with Gasteiger partial charge in [0.2, 0.25) is 5.91 Å². The molecular formula is C23H28N4O2. The van der Waals surface area contributed by atoms with E-state index in [-0.39, 0.29) is 17.7 Å². The summed E-state index contributed by atoms with van der Waals surface area (Å²) < 4.78 is 7.53. The Labute approximate surface area is 171 Å². The first kappa shape index (κ1) is 20.6. The summed E-state index contributed by atoms with van der Waals surface area (Å²) in [4.78, 5) is 16.9. The van der Waals surface area contributed by atoms with Crippen LogP contribution in [0.1, 0.15) is 44.0 Å². The van der Waals surface area contributed by atoms with E-state index in [0.29, 0.717) is 18.2 Å². The SMILES string of the molecule is Cc1cccc(C)c1OCCC(=O)Nc1cc(C(C)(C)C)nn1-c1ccccn1. The van der Waals surface area contributed by atoms with Crippen LogP contribution in [0.5, 0.6) is 5.75 Å². The molecule has 6 heteroatoms. The van der Waals surface area contributed by atoms with E-state index >= 15 is 0 Å². The van der Waals surface area contributed by atoms with Crippen molar-refractivity contribution in [3.8, 4) is 11.6 Å². The number of nitrogens with zero attached hydrogens (tertiary/aromatic N) is 3. The molecule has 0 aliphatic rings. The van der Waals surface area contributed by atoms with E-state index in [1.54, 1.807) is 10.9 Å². The molecule has 3 aromatic rings. The number of hydrogen-bond acceptors (Lipinski definition) is 4. The second-order valence-corrected chi connectivity index (χ2v) is 8.13. The van der Waals surface area contributed by atoms with Crippen LogP contribution in [0.3, 0.4) is 0 Å². The molecule has 152 valence electrons.